The van der Waals surface area contributed by atoms with Crippen LogP contribution in [0.1, 0.15) is 44.0 Å². The number of amides is 1. The van der Waals surface area contributed by atoms with Crippen molar-refractivity contribution in [2.24, 2.45) is 0 Å². The maximum absolute atomic E-state index is 13.6. The molecule has 1 N–H and O–H groups in total. The Morgan fingerprint density at radius 1 is 1.15 bits per heavy atom. The summed E-state index contributed by atoms with van der Waals surface area (Å²) in [6, 6.07) is 5.08. The summed E-state index contributed by atoms with van der Waals surface area (Å²) in [6.07, 6.45) is 3.35. The first-order valence-corrected chi connectivity index (χ1v) is 8.51. The lowest BCUT2D eigenvalue weighted by molar-refractivity contribution is 0.0474. The zero-order valence-electron chi connectivity index (χ0n) is 14.8. The van der Waals surface area contributed by atoms with E-state index in [0.717, 1.165) is 18.9 Å². The van der Waals surface area contributed by atoms with Crippen LogP contribution in [0.2, 0.25) is 0 Å². The van der Waals surface area contributed by atoms with E-state index in [2.05, 4.69) is 4.98 Å². The van der Waals surface area contributed by atoms with Crippen molar-refractivity contribution in [3.63, 3.8) is 0 Å². The van der Waals surface area contributed by atoms with E-state index in [1.54, 1.807) is 4.90 Å². The molecule has 1 aromatic heterocycles. The SMILES string of the molecule is COc1ccc(C(=O)OCC(=O)c2c[nH]c(C(=O)N3CCCC3)c2)cc1F. The minimum atomic E-state index is -0.825. The normalized spacial score (nSPS) is 13.5. The van der Waals surface area contributed by atoms with Gasteiger partial charge in [-0.3, -0.25) is 9.59 Å². The van der Waals surface area contributed by atoms with Crippen molar-refractivity contribution in [1.82, 2.24) is 9.88 Å². The van der Waals surface area contributed by atoms with E-state index in [4.69, 9.17) is 9.47 Å². The maximum atomic E-state index is 13.6. The average Bonchev–Trinajstić information content (AvgIpc) is 3.37. The summed E-state index contributed by atoms with van der Waals surface area (Å²) in [7, 11) is 1.31. The number of nitrogens with zero attached hydrogens (tertiary/aromatic N) is 1. The summed E-state index contributed by atoms with van der Waals surface area (Å²) in [4.78, 5) is 40.9. The van der Waals surface area contributed by atoms with Gasteiger partial charge in [0.05, 0.1) is 12.7 Å². The minimum absolute atomic E-state index is 0.00477. The molecule has 7 nitrogen and oxygen atoms in total. The van der Waals surface area contributed by atoms with Gasteiger partial charge in [0.15, 0.2) is 18.2 Å². The summed E-state index contributed by atoms with van der Waals surface area (Å²) in [5.74, 6) is -2.14. The number of nitrogens with one attached hydrogen (secondary N) is 1. The number of aromatic nitrogens is 1. The molecule has 1 saturated heterocycles. The van der Waals surface area contributed by atoms with Crippen LogP contribution in [0.4, 0.5) is 4.39 Å². The molecule has 1 aliphatic heterocycles. The monoisotopic (exact) mass is 374 g/mol. The van der Waals surface area contributed by atoms with Crippen molar-refractivity contribution < 1.29 is 28.2 Å². The highest BCUT2D eigenvalue weighted by Gasteiger charge is 2.22. The molecule has 0 radical (unpaired) electrons. The summed E-state index contributed by atoms with van der Waals surface area (Å²) in [5, 5.41) is 0. The van der Waals surface area contributed by atoms with E-state index in [0.29, 0.717) is 18.8 Å². The Morgan fingerprint density at radius 2 is 1.89 bits per heavy atom. The number of esters is 1. The molecule has 1 fully saturated rings. The van der Waals surface area contributed by atoms with Gasteiger partial charge in [-0.15, -0.1) is 0 Å². The lowest BCUT2D eigenvalue weighted by atomic mass is 10.2. The predicted octanol–water partition coefficient (Wildman–Crippen LogP) is 2.44. The van der Waals surface area contributed by atoms with Crippen molar-refractivity contribution in [3.8, 4) is 5.75 Å². The molecule has 0 unspecified atom stereocenters. The minimum Gasteiger partial charge on any atom is -0.494 e. The fourth-order valence-electron chi connectivity index (χ4n) is 2.86. The number of methoxy groups -OCH3 is 1. The molecular weight excluding hydrogens is 355 g/mol. The van der Waals surface area contributed by atoms with Gasteiger partial charge in [-0.1, -0.05) is 0 Å². The van der Waals surface area contributed by atoms with E-state index >= 15 is 0 Å². The van der Waals surface area contributed by atoms with Crippen LogP contribution in [0, 0.1) is 5.82 Å². The molecule has 3 rings (SSSR count). The largest absolute Gasteiger partial charge is 0.494 e. The number of likely N-dealkylation sites (tertiary alicyclic amines) is 1. The third kappa shape index (κ3) is 4.16. The molecule has 142 valence electrons. The molecular formula is C19H19FN2O5. The van der Waals surface area contributed by atoms with E-state index in [1.807, 2.05) is 0 Å². The number of ether oxygens (including phenoxy) is 2. The number of benzene rings is 1. The van der Waals surface area contributed by atoms with Gasteiger partial charge in [-0.2, -0.15) is 0 Å². The Bertz CT molecular complexity index is 871. The van der Waals surface area contributed by atoms with Gasteiger partial charge in [0, 0.05) is 24.8 Å². The van der Waals surface area contributed by atoms with Crippen LogP contribution in [0.3, 0.4) is 0 Å². The first kappa shape index (κ1) is 18.6. The van der Waals surface area contributed by atoms with Crippen molar-refractivity contribution >= 4 is 17.7 Å². The van der Waals surface area contributed by atoms with Crippen LogP contribution in [-0.2, 0) is 4.74 Å². The fourth-order valence-corrected chi connectivity index (χ4v) is 2.86. The summed E-state index contributed by atoms with van der Waals surface area (Å²) < 4.78 is 23.4. The van der Waals surface area contributed by atoms with Crippen LogP contribution < -0.4 is 4.74 Å². The van der Waals surface area contributed by atoms with Crippen molar-refractivity contribution in [2.45, 2.75) is 12.8 Å². The molecule has 0 atom stereocenters. The van der Waals surface area contributed by atoms with E-state index in [-0.39, 0.29) is 22.8 Å². The lowest BCUT2D eigenvalue weighted by Gasteiger charge is -2.13. The maximum Gasteiger partial charge on any atom is 0.338 e. The van der Waals surface area contributed by atoms with Gasteiger partial charge in [0.2, 0.25) is 5.78 Å². The molecule has 2 heterocycles. The second-order valence-corrected chi connectivity index (χ2v) is 6.15. The standard InChI is InChI=1S/C19H19FN2O5/c1-26-17-5-4-12(8-14(17)20)19(25)27-11-16(23)13-9-15(21-10-13)18(24)22-6-2-3-7-22/h4-5,8-10,21H,2-3,6-7,11H2,1H3. The molecule has 27 heavy (non-hydrogen) atoms. The number of rotatable bonds is 6. The van der Waals surface area contributed by atoms with E-state index in [1.165, 1.54) is 31.5 Å². The zero-order valence-corrected chi connectivity index (χ0v) is 14.8. The van der Waals surface area contributed by atoms with Gasteiger partial charge < -0.3 is 19.4 Å². The number of aromatic amines is 1. The Kier molecular flexibility index (Phi) is 5.54. The van der Waals surface area contributed by atoms with Gasteiger partial charge in [0.25, 0.3) is 5.91 Å². The summed E-state index contributed by atoms with van der Waals surface area (Å²) in [6.45, 7) is 0.899. The Hall–Kier alpha value is -3.16. The summed E-state index contributed by atoms with van der Waals surface area (Å²) >= 11 is 0. The lowest BCUT2D eigenvalue weighted by Crippen LogP contribution is -2.27. The molecule has 8 heteroatoms. The van der Waals surface area contributed by atoms with Crippen LogP contribution in [0.5, 0.6) is 5.75 Å². The third-order valence-corrected chi connectivity index (χ3v) is 4.35. The molecule has 0 spiro atoms. The first-order valence-electron chi connectivity index (χ1n) is 8.51. The zero-order chi connectivity index (χ0) is 19.4. The number of hydrogen-bond donors (Lipinski definition) is 1. The molecule has 0 aliphatic carbocycles. The van der Waals surface area contributed by atoms with E-state index in [9.17, 15) is 18.8 Å². The van der Waals surface area contributed by atoms with Crippen LogP contribution in [0.25, 0.3) is 0 Å². The Labute approximate surface area is 155 Å². The number of H-pyrrole nitrogens is 1. The number of carbonyl (C=O) groups excluding carboxylic acids is 3. The van der Waals surface area contributed by atoms with E-state index < -0.39 is 24.2 Å². The fraction of sp³-hybridized carbons (Fsp3) is 0.316. The van der Waals surface area contributed by atoms with Crippen LogP contribution >= 0.6 is 0 Å². The topological polar surface area (TPSA) is 88.7 Å². The quantitative estimate of drug-likeness (QED) is 0.620. The Balaban J connectivity index is 1.58. The molecule has 0 saturated carbocycles. The molecule has 0 bridgehead atoms. The molecule has 2 aromatic rings. The van der Waals surface area contributed by atoms with Gasteiger partial charge >= 0.3 is 5.97 Å². The second kappa shape index (κ2) is 8.03. The number of ketones is 1. The van der Waals surface area contributed by atoms with Crippen molar-refractivity contribution in [3.05, 3.63) is 53.1 Å². The molecule has 1 amide bonds. The molecule has 1 aliphatic rings. The van der Waals surface area contributed by atoms with Crippen molar-refractivity contribution in [1.29, 1.82) is 0 Å². The highest BCUT2D eigenvalue weighted by atomic mass is 19.1. The second-order valence-electron chi connectivity index (χ2n) is 6.15. The average molecular weight is 374 g/mol. The smallest absolute Gasteiger partial charge is 0.338 e. The third-order valence-electron chi connectivity index (χ3n) is 4.35. The van der Waals surface area contributed by atoms with Gasteiger partial charge in [-0.05, 0) is 37.1 Å². The van der Waals surface area contributed by atoms with Crippen LogP contribution in [-0.4, -0.2) is 54.3 Å². The predicted molar refractivity (Wildman–Crippen MR) is 93.5 cm³/mol. The van der Waals surface area contributed by atoms with Gasteiger partial charge in [-0.25, -0.2) is 9.18 Å². The number of carbonyl (C=O) groups is 3. The highest BCUT2D eigenvalue weighted by molar-refractivity contribution is 6.02. The van der Waals surface area contributed by atoms with Crippen molar-refractivity contribution in [2.75, 3.05) is 26.8 Å². The molecule has 1 aromatic carbocycles. The number of halogens is 1. The highest BCUT2D eigenvalue weighted by Crippen LogP contribution is 2.18. The Morgan fingerprint density at radius 3 is 2.56 bits per heavy atom. The number of Topliss-reactive ketones (excluding diaryl/α,β-unsaturated/α-hetero) is 1. The summed E-state index contributed by atoms with van der Waals surface area (Å²) in [5.41, 5.74) is 0.537. The van der Waals surface area contributed by atoms with Gasteiger partial charge in [0.1, 0.15) is 5.69 Å². The first-order chi connectivity index (χ1) is 13.0. The van der Waals surface area contributed by atoms with Crippen LogP contribution in [0.15, 0.2) is 30.5 Å². The number of hydrogen-bond acceptors (Lipinski definition) is 5.